The summed E-state index contributed by atoms with van der Waals surface area (Å²) < 4.78 is 84.8. The first-order chi connectivity index (χ1) is 15.3. The lowest BCUT2D eigenvalue weighted by atomic mass is 9.82. The van der Waals surface area contributed by atoms with Crippen LogP contribution >= 0.6 is 0 Å². The van der Waals surface area contributed by atoms with E-state index in [0.717, 1.165) is 0 Å². The van der Waals surface area contributed by atoms with Crippen molar-refractivity contribution in [2.24, 2.45) is 5.10 Å². The van der Waals surface area contributed by atoms with E-state index in [0.29, 0.717) is 17.7 Å². The fourth-order valence-corrected chi connectivity index (χ4v) is 3.59. The number of phenolic OH excluding ortho intramolecular Hbond substituents is 2. The molecular weight excluding hydrogens is 466 g/mol. The summed E-state index contributed by atoms with van der Waals surface area (Å²) in [4.78, 5) is 0. The van der Waals surface area contributed by atoms with Crippen LogP contribution in [0.1, 0.15) is 63.3 Å². The highest BCUT2D eigenvalue weighted by Gasteiger charge is 2.38. The molecule has 11 heteroatoms. The van der Waals surface area contributed by atoms with Gasteiger partial charge in [0, 0.05) is 17.5 Å². The van der Waals surface area contributed by atoms with Crippen LogP contribution in [0.2, 0.25) is 0 Å². The minimum atomic E-state index is -5.00. The summed E-state index contributed by atoms with van der Waals surface area (Å²) in [6, 6.07) is 2.62. The van der Waals surface area contributed by atoms with Gasteiger partial charge in [-0.1, -0.05) is 20.8 Å². The number of anilines is 1. The van der Waals surface area contributed by atoms with Crippen molar-refractivity contribution in [3.63, 3.8) is 0 Å². The maximum absolute atomic E-state index is 13.2. The maximum Gasteiger partial charge on any atom is 0.416 e. The van der Waals surface area contributed by atoms with Gasteiger partial charge in [0.05, 0.1) is 22.5 Å². The normalized spacial score (nSPS) is 17.3. The molecule has 0 amide bonds. The smallest absolute Gasteiger partial charge is 0.416 e. The van der Waals surface area contributed by atoms with Crippen LogP contribution in [0.15, 0.2) is 29.4 Å². The number of fused-ring (bicyclic) bond motifs is 1. The number of ether oxygens (including phenoxy) is 1. The number of alkyl halides is 6. The molecule has 0 aliphatic carbocycles. The van der Waals surface area contributed by atoms with E-state index in [1.54, 1.807) is 34.6 Å². The topological polar surface area (TPSA) is 74.1 Å². The Kier molecular flexibility index (Phi) is 5.99. The molecule has 3 rings (SSSR count). The Balaban J connectivity index is 2.14. The fourth-order valence-electron chi connectivity index (χ4n) is 3.59. The van der Waals surface area contributed by atoms with Crippen LogP contribution in [0.3, 0.4) is 0 Å². The molecule has 0 bridgehead atoms. The minimum absolute atomic E-state index is 0.0294. The molecule has 34 heavy (non-hydrogen) atoms. The number of aromatic hydroxyl groups is 2. The molecule has 0 aromatic heterocycles. The Labute approximate surface area is 192 Å². The molecule has 0 saturated heterocycles. The lowest BCUT2D eigenvalue weighted by Gasteiger charge is -2.35. The Morgan fingerprint density at radius 1 is 0.882 bits per heavy atom. The summed E-state index contributed by atoms with van der Waals surface area (Å²) in [5, 5.41) is 25.1. The van der Waals surface area contributed by atoms with Crippen LogP contribution in [-0.4, -0.2) is 21.5 Å². The highest BCUT2D eigenvalue weighted by Crippen LogP contribution is 2.49. The van der Waals surface area contributed by atoms with Gasteiger partial charge in [-0.05, 0) is 43.5 Å². The lowest BCUT2D eigenvalue weighted by molar-refractivity contribution is -0.143. The van der Waals surface area contributed by atoms with E-state index in [1.807, 2.05) is 0 Å². The first kappa shape index (κ1) is 25.5. The molecule has 2 aromatic rings. The molecule has 0 saturated carbocycles. The molecule has 5 nitrogen and oxygen atoms in total. The molecule has 0 atom stereocenters. The third kappa shape index (κ3) is 5.18. The monoisotopic (exact) mass is 490 g/mol. The van der Waals surface area contributed by atoms with Gasteiger partial charge in [-0.25, -0.2) is 0 Å². The summed E-state index contributed by atoms with van der Waals surface area (Å²) in [7, 11) is 0. The number of hydrogen-bond acceptors (Lipinski definition) is 5. The molecule has 0 fully saturated rings. The first-order valence-electron chi connectivity index (χ1n) is 10.2. The van der Waals surface area contributed by atoms with E-state index >= 15 is 0 Å². The van der Waals surface area contributed by atoms with Crippen LogP contribution in [0.25, 0.3) is 0 Å². The molecular formula is C23H24F6N2O3. The molecule has 186 valence electrons. The molecule has 1 heterocycles. The van der Waals surface area contributed by atoms with Gasteiger partial charge in [0.2, 0.25) is 5.75 Å². The van der Waals surface area contributed by atoms with Gasteiger partial charge >= 0.3 is 12.4 Å². The number of hydrazone groups is 1. The Morgan fingerprint density at radius 2 is 1.41 bits per heavy atom. The highest BCUT2D eigenvalue weighted by molar-refractivity contribution is 6.06. The second-order valence-electron chi connectivity index (χ2n) is 9.75. The zero-order valence-electron chi connectivity index (χ0n) is 19.0. The predicted octanol–water partition coefficient (Wildman–Crippen LogP) is 6.81. The van der Waals surface area contributed by atoms with Crippen LogP contribution < -0.4 is 10.2 Å². The fraction of sp³-hybridized carbons (Fsp3) is 0.435. The number of phenols is 2. The van der Waals surface area contributed by atoms with Gasteiger partial charge in [0.25, 0.3) is 0 Å². The first-order valence-corrected chi connectivity index (χ1v) is 10.2. The molecule has 2 aromatic carbocycles. The van der Waals surface area contributed by atoms with Crippen LogP contribution in [0.4, 0.5) is 32.0 Å². The molecule has 3 N–H and O–H groups in total. The zero-order valence-corrected chi connectivity index (χ0v) is 19.0. The van der Waals surface area contributed by atoms with Gasteiger partial charge in [-0.3, -0.25) is 5.43 Å². The van der Waals surface area contributed by atoms with Crippen molar-refractivity contribution in [3.8, 4) is 17.2 Å². The number of rotatable bonds is 2. The average molecular weight is 490 g/mol. The molecule has 0 spiro atoms. The van der Waals surface area contributed by atoms with Gasteiger partial charge in [0.15, 0.2) is 11.5 Å². The van der Waals surface area contributed by atoms with Crippen molar-refractivity contribution in [2.75, 3.05) is 5.43 Å². The van der Waals surface area contributed by atoms with E-state index in [-0.39, 0.29) is 35.3 Å². The minimum Gasteiger partial charge on any atom is -0.504 e. The second-order valence-corrected chi connectivity index (χ2v) is 9.75. The van der Waals surface area contributed by atoms with E-state index in [2.05, 4.69) is 10.5 Å². The Morgan fingerprint density at radius 3 is 1.88 bits per heavy atom. The van der Waals surface area contributed by atoms with Crippen LogP contribution in [0, 0.1) is 0 Å². The van der Waals surface area contributed by atoms with Gasteiger partial charge < -0.3 is 14.9 Å². The second kappa shape index (κ2) is 7.99. The number of halogens is 6. The molecule has 0 radical (unpaired) electrons. The highest BCUT2D eigenvalue weighted by atomic mass is 19.4. The average Bonchev–Trinajstić information content (AvgIpc) is 2.66. The van der Waals surface area contributed by atoms with Crippen molar-refractivity contribution in [3.05, 3.63) is 46.5 Å². The van der Waals surface area contributed by atoms with Crippen molar-refractivity contribution in [1.29, 1.82) is 0 Å². The summed E-state index contributed by atoms with van der Waals surface area (Å²) >= 11 is 0. The Bertz CT molecular complexity index is 1110. The molecule has 1 aliphatic heterocycles. The SMILES string of the molecule is CC1(C)C/C(=N/Nc2cc(C(F)(F)F)cc(C(F)(F)F)c2)c2cc(C(C)(C)C)c(O)c(O)c2O1. The summed E-state index contributed by atoms with van der Waals surface area (Å²) in [5.41, 5.74) is -1.87. The third-order valence-electron chi connectivity index (χ3n) is 5.23. The van der Waals surface area contributed by atoms with Crippen LogP contribution in [0.5, 0.6) is 17.2 Å². The van der Waals surface area contributed by atoms with E-state index in [1.165, 1.54) is 6.07 Å². The molecule has 1 aliphatic rings. The van der Waals surface area contributed by atoms with Crippen molar-refractivity contribution >= 4 is 11.4 Å². The number of nitrogens with zero attached hydrogens (tertiary/aromatic N) is 1. The third-order valence-corrected chi connectivity index (χ3v) is 5.23. The summed E-state index contributed by atoms with van der Waals surface area (Å²) in [6.07, 6.45) is -9.88. The van der Waals surface area contributed by atoms with Gasteiger partial charge in [-0.15, -0.1) is 0 Å². The van der Waals surface area contributed by atoms with E-state index in [9.17, 15) is 36.6 Å². The standard InChI is InChI=1S/C23H24F6N2O3/c1-20(2,3)15-9-14-16(10-21(4,5)34-19(14)18(33)17(15)32)31-30-13-7-11(22(24,25)26)6-12(8-13)23(27,28)29/h6-9,30,32-33H,10H2,1-5H3/b31-16-. The number of nitrogens with one attached hydrogen (secondary N) is 1. The van der Waals surface area contributed by atoms with E-state index < -0.39 is 45.9 Å². The quantitative estimate of drug-likeness (QED) is 0.246. The van der Waals surface area contributed by atoms with Crippen molar-refractivity contribution in [2.45, 2.75) is 64.4 Å². The number of hydrogen-bond donors (Lipinski definition) is 3. The summed E-state index contributed by atoms with van der Waals surface area (Å²) in [5.74, 6) is -0.993. The maximum atomic E-state index is 13.2. The Hall–Kier alpha value is -3.11. The van der Waals surface area contributed by atoms with Crippen molar-refractivity contribution in [1.82, 2.24) is 0 Å². The largest absolute Gasteiger partial charge is 0.504 e. The predicted molar refractivity (Wildman–Crippen MR) is 114 cm³/mol. The van der Waals surface area contributed by atoms with Gasteiger partial charge in [0.1, 0.15) is 5.60 Å². The molecule has 0 unspecified atom stereocenters. The zero-order chi connectivity index (χ0) is 25.9. The van der Waals surface area contributed by atoms with E-state index in [4.69, 9.17) is 4.74 Å². The lowest BCUT2D eigenvalue weighted by Crippen LogP contribution is -2.37. The van der Waals surface area contributed by atoms with Gasteiger partial charge in [-0.2, -0.15) is 31.4 Å². The summed E-state index contributed by atoms with van der Waals surface area (Å²) in [6.45, 7) is 8.69. The number of benzene rings is 2. The van der Waals surface area contributed by atoms with Crippen molar-refractivity contribution < 1.29 is 41.3 Å². The van der Waals surface area contributed by atoms with Crippen LogP contribution in [-0.2, 0) is 17.8 Å².